The highest BCUT2D eigenvalue weighted by atomic mass is 16.5. The maximum atomic E-state index is 5.76. The van der Waals surface area contributed by atoms with Crippen molar-refractivity contribution in [3.8, 4) is 5.75 Å². The second-order valence-electron chi connectivity index (χ2n) is 4.98. The average Bonchev–Trinajstić information content (AvgIpc) is 2.82. The molecule has 2 aromatic rings. The van der Waals surface area contributed by atoms with E-state index >= 15 is 0 Å². The fourth-order valence-corrected chi connectivity index (χ4v) is 2.03. The van der Waals surface area contributed by atoms with Crippen molar-refractivity contribution in [1.29, 1.82) is 0 Å². The second kappa shape index (κ2) is 7.61. The van der Waals surface area contributed by atoms with Crippen molar-refractivity contribution in [2.24, 2.45) is 5.10 Å². The number of nitrogens with zero attached hydrogens (tertiary/aromatic N) is 3. The molecule has 0 saturated carbocycles. The van der Waals surface area contributed by atoms with E-state index < -0.39 is 0 Å². The normalized spacial score (nSPS) is 11.2. The van der Waals surface area contributed by atoms with Gasteiger partial charge < -0.3 is 15.2 Å². The number of hydrogen-bond donors (Lipinski definition) is 1. The number of imidazole rings is 1. The van der Waals surface area contributed by atoms with E-state index in [0.717, 1.165) is 29.0 Å². The lowest BCUT2D eigenvalue weighted by molar-refractivity contribution is 0.179. The van der Waals surface area contributed by atoms with Crippen LogP contribution in [0.4, 0.5) is 5.95 Å². The van der Waals surface area contributed by atoms with Crippen molar-refractivity contribution in [2.75, 3.05) is 19.5 Å². The molecule has 0 bridgehead atoms. The van der Waals surface area contributed by atoms with E-state index in [1.54, 1.807) is 24.2 Å². The first-order chi connectivity index (χ1) is 10.6. The van der Waals surface area contributed by atoms with Crippen LogP contribution in [-0.4, -0.2) is 29.6 Å². The summed E-state index contributed by atoms with van der Waals surface area (Å²) in [6, 6.07) is 5.89. The van der Waals surface area contributed by atoms with E-state index in [0.29, 0.717) is 19.2 Å². The molecular weight excluding hydrogens is 280 g/mol. The standard InChI is InChI=1S/C16H22N4O2/c1-4-7-22-15-6-5-13(8-14(15)11-21-3)9-18-20-10-12(2)19-16(20)17/h5-6,8-10H,4,7,11H2,1-3H3,(H2,17,19). The van der Waals surface area contributed by atoms with Gasteiger partial charge >= 0.3 is 0 Å². The number of hydrogen-bond acceptors (Lipinski definition) is 5. The van der Waals surface area contributed by atoms with Crippen LogP contribution in [0, 0.1) is 6.92 Å². The number of nitrogens with two attached hydrogens (primary N) is 1. The third-order valence-electron chi connectivity index (χ3n) is 3.01. The zero-order valence-corrected chi connectivity index (χ0v) is 13.2. The third-order valence-corrected chi connectivity index (χ3v) is 3.01. The lowest BCUT2D eigenvalue weighted by Gasteiger charge is -2.11. The van der Waals surface area contributed by atoms with Gasteiger partial charge in [-0.25, -0.2) is 9.66 Å². The summed E-state index contributed by atoms with van der Waals surface area (Å²) in [5, 5.41) is 4.31. The molecule has 0 atom stereocenters. The molecule has 22 heavy (non-hydrogen) atoms. The first-order valence-electron chi connectivity index (χ1n) is 7.24. The number of ether oxygens (including phenoxy) is 2. The van der Waals surface area contributed by atoms with Crippen molar-refractivity contribution in [3.63, 3.8) is 0 Å². The van der Waals surface area contributed by atoms with Gasteiger partial charge in [-0.15, -0.1) is 0 Å². The van der Waals surface area contributed by atoms with Gasteiger partial charge in [0.1, 0.15) is 5.75 Å². The molecule has 2 N–H and O–H groups in total. The third kappa shape index (κ3) is 4.08. The van der Waals surface area contributed by atoms with Crippen LogP contribution in [0.25, 0.3) is 0 Å². The molecular formula is C16H22N4O2. The van der Waals surface area contributed by atoms with Crippen molar-refractivity contribution in [1.82, 2.24) is 9.66 Å². The molecule has 0 aliphatic carbocycles. The zero-order chi connectivity index (χ0) is 15.9. The van der Waals surface area contributed by atoms with Crippen LogP contribution in [0.3, 0.4) is 0 Å². The number of aryl methyl sites for hydroxylation is 1. The van der Waals surface area contributed by atoms with E-state index in [4.69, 9.17) is 15.2 Å². The predicted molar refractivity (Wildman–Crippen MR) is 87.3 cm³/mol. The molecule has 0 spiro atoms. The SMILES string of the molecule is CCCOc1ccc(C=Nn2cc(C)nc2N)cc1COC. The maximum Gasteiger partial charge on any atom is 0.221 e. The van der Waals surface area contributed by atoms with Crippen LogP contribution in [0.15, 0.2) is 29.5 Å². The number of benzene rings is 1. The summed E-state index contributed by atoms with van der Waals surface area (Å²) in [5.41, 5.74) is 8.53. The summed E-state index contributed by atoms with van der Waals surface area (Å²) in [6.45, 7) is 5.13. The Labute approximate surface area is 130 Å². The molecule has 118 valence electrons. The van der Waals surface area contributed by atoms with Crippen molar-refractivity contribution in [2.45, 2.75) is 26.9 Å². The van der Waals surface area contributed by atoms with Gasteiger partial charge in [0.2, 0.25) is 5.95 Å². The molecule has 0 aliphatic heterocycles. The molecule has 0 aliphatic rings. The number of aromatic nitrogens is 2. The van der Waals surface area contributed by atoms with Gasteiger partial charge in [0.05, 0.1) is 31.3 Å². The van der Waals surface area contributed by atoms with Crippen LogP contribution >= 0.6 is 0 Å². The molecule has 0 fully saturated rings. The van der Waals surface area contributed by atoms with Gasteiger partial charge in [0.15, 0.2) is 0 Å². The monoisotopic (exact) mass is 302 g/mol. The van der Waals surface area contributed by atoms with Crippen LogP contribution in [0.2, 0.25) is 0 Å². The van der Waals surface area contributed by atoms with Gasteiger partial charge in [0.25, 0.3) is 0 Å². The van der Waals surface area contributed by atoms with Crippen molar-refractivity contribution < 1.29 is 9.47 Å². The fourth-order valence-electron chi connectivity index (χ4n) is 2.03. The minimum atomic E-state index is 0.369. The number of nitrogen functional groups attached to an aromatic ring is 1. The largest absolute Gasteiger partial charge is 0.493 e. The molecule has 6 nitrogen and oxygen atoms in total. The molecule has 1 aromatic carbocycles. The predicted octanol–water partition coefficient (Wildman–Crippen LogP) is 2.59. The summed E-state index contributed by atoms with van der Waals surface area (Å²) >= 11 is 0. The summed E-state index contributed by atoms with van der Waals surface area (Å²) in [6.07, 6.45) is 4.48. The highest BCUT2D eigenvalue weighted by Crippen LogP contribution is 2.21. The highest BCUT2D eigenvalue weighted by molar-refractivity contribution is 5.80. The summed E-state index contributed by atoms with van der Waals surface area (Å²) in [7, 11) is 1.67. The molecule has 6 heteroatoms. The Morgan fingerprint density at radius 2 is 2.23 bits per heavy atom. The van der Waals surface area contributed by atoms with Crippen LogP contribution < -0.4 is 10.5 Å². The van der Waals surface area contributed by atoms with Crippen molar-refractivity contribution in [3.05, 3.63) is 41.2 Å². The first-order valence-corrected chi connectivity index (χ1v) is 7.24. The smallest absolute Gasteiger partial charge is 0.221 e. The Hall–Kier alpha value is -2.34. The van der Waals surface area contributed by atoms with Gasteiger partial charge in [-0.3, -0.25) is 0 Å². The number of methoxy groups -OCH3 is 1. The zero-order valence-electron chi connectivity index (χ0n) is 13.2. The Kier molecular flexibility index (Phi) is 5.55. The van der Waals surface area contributed by atoms with E-state index in [1.165, 1.54) is 0 Å². The van der Waals surface area contributed by atoms with Gasteiger partial charge in [-0.05, 0) is 37.1 Å². The highest BCUT2D eigenvalue weighted by Gasteiger charge is 2.05. The van der Waals surface area contributed by atoms with E-state index in [9.17, 15) is 0 Å². The van der Waals surface area contributed by atoms with Crippen LogP contribution in [0.5, 0.6) is 5.75 Å². The topological polar surface area (TPSA) is 74.7 Å². The van der Waals surface area contributed by atoms with E-state index in [2.05, 4.69) is 17.0 Å². The molecule has 0 saturated heterocycles. The van der Waals surface area contributed by atoms with Gasteiger partial charge in [-0.1, -0.05) is 6.92 Å². The molecule has 2 rings (SSSR count). The summed E-state index contributed by atoms with van der Waals surface area (Å²) in [4.78, 5) is 4.11. The van der Waals surface area contributed by atoms with E-state index in [1.807, 2.05) is 25.1 Å². The molecule has 0 radical (unpaired) electrons. The molecule has 1 aromatic heterocycles. The first kappa shape index (κ1) is 16.0. The second-order valence-corrected chi connectivity index (χ2v) is 4.98. The minimum Gasteiger partial charge on any atom is -0.493 e. The number of anilines is 1. The van der Waals surface area contributed by atoms with E-state index in [-0.39, 0.29) is 0 Å². The lowest BCUT2D eigenvalue weighted by Crippen LogP contribution is -2.01. The quantitative estimate of drug-likeness (QED) is 0.798. The van der Waals surface area contributed by atoms with Gasteiger partial charge in [-0.2, -0.15) is 5.10 Å². The number of rotatable bonds is 7. The fraction of sp³-hybridized carbons (Fsp3) is 0.375. The average molecular weight is 302 g/mol. The van der Waals surface area contributed by atoms with Crippen LogP contribution in [-0.2, 0) is 11.3 Å². The Morgan fingerprint density at radius 3 is 2.86 bits per heavy atom. The van der Waals surface area contributed by atoms with Gasteiger partial charge in [0, 0.05) is 12.7 Å². The summed E-state index contributed by atoms with van der Waals surface area (Å²) < 4.78 is 12.5. The lowest BCUT2D eigenvalue weighted by atomic mass is 10.1. The Morgan fingerprint density at radius 1 is 1.41 bits per heavy atom. The molecule has 1 heterocycles. The van der Waals surface area contributed by atoms with Crippen LogP contribution in [0.1, 0.15) is 30.2 Å². The van der Waals surface area contributed by atoms with Crippen molar-refractivity contribution >= 4 is 12.2 Å². The minimum absolute atomic E-state index is 0.369. The molecule has 0 amide bonds. The summed E-state index contributed by atoms with van der Waals surface area (Å²) in [5.74, 6) is 1.22. The Balaban J connectivity index is 2.20. The maximum absolute atomic E-state index is 5.76. The molecule has 0 unspecified atom stereocenters. The Bertz CT molecular complexity index is 650.